The monoisotopic (exact) mass is 433 g/mol. The van der Waals surface area contributed by atoms with Crippen LogP contribution in [0.4, 0.5) is 4.39 Å². The lowest BCUT2D eigenvalue weighted by atomic mass is 10.1. The number of carboxylic acids is 2. The van der Waals surface area contributed by atoms with E-state index in [0.717, 1.165) is 28.7 Å². The van der Waals surface area contributed by atoms with Gasteiger partial charge in [-0.1, -0.05) is 30.3 Å². The number of thiophene rings is 1. The molecule has 0 atom stereocenters. The van der Waals surface area contributed by atoms with Gasteiger partial charge in [0.25, 0.3) is 0 Å². The van der Waals surface area contributed by atoms with Crippen LogP contribution in [0.25, 0.3) is 10.1 Å². The van der Waals surface area contributed by atoms with Crippen LogP contribution in [0.2, 0.25) is 0 Å². The zero-order chi connectivity index (χ0) is 21.9. The molecule has 0 saturated carbocycles. The fourth-order valence-corrected chi connectivity index (χ4v) is 3.50. The minimum atomic E-state index is -1.82. The van der Waals surface area contributed by atoms with Crippen molar-refractivity contribution >= 4 is 33.4 Å². The molecule has 160 valence electrons. The zero-order valence-corrected chi connectivity index (χ0v) is 17.4. The highest BCUT2D eigenvalue weighted by Crippen LogP contribution is 2.24. The maximum Gasteiger partial charge on any atom is 0.414 e. The molecule has 2 N–H and O–H groups in total. The molecule has 30 heavy (non-hydrogen) atoms. The number of benzene rings is 2. The van der Waals surface area contributed by atoms with E-state index in [1.165, 1.54) is 5.56 Å². The minimum absolute atomic E-state index is 0.130. The number of carboxylic acid groups (broad SMARTS) is 2. The first-order valence-corrected chi connectivity index (χ1v) is 10.2. The number of ether oxygens (including phenoxy) is 1. The summed E-state index contributed by atoms with van der Waals surface area (Å²) in [5.41, 5.74) is 2.03. The van der Waals surface area contributed by atoms with Crippen molar-refractivity contribution in [2.24, 2.45) is 0 Å². The third-order valence-corrected chi connectivity index (χ3v) is 5.11. The van der Waals surface area contributed by atoms with Crippen molar-refractivity contribution in [1.29, 1.82) is 0 Å². The van der Waals surface area contributed by atoms with Gasteiger partial charge in [0.15, 0.2) is 0 Å². The van der Waals surface area contributed by atoms with Gasteiger partial charge in [0.05, 0.1) is 13.2 Å². The molecule has 1 heterocycles. The van der Waals surface area contributed by atoms with Gasteiger partial charge in [0.2, 0.25) is 0 Å². The number of halogens is 1. The fourth-order valence-electron chi connectivity index (χ4n) is 2.70. The molecule has 0 bridgehead atoms. The Bertz CT molecular complexity index is 949. The van der Waals surface area contributed by atoms with Gasteiger partial charge in [0.1, 0.15) is 5.82 Å². The molecule has 0 aliphatic carbocycles. The summed E-state index contributed by atoms with van der Waals surface area (Å²) < 4.78 is 20.7. The summed E-state index contributed by atoms with van der Waals surface area (Å²) in [6.45, 7) is 2.98. The summed E-state index contributed by atoms with van der Waals surface area (Å²) in [5.74, 6) is -3.78. The summed E-state index contributed by atoms with van der Waals surface area (Å²) in [4.78, 5) is 20.4. The molecular formula is C22H24FNO5S. The molecule has 0 unspecified atom stereocenters. The second-order valence-corrected chi connectivity index (χ2v) is 7.55. The number of carbonyl (C=O) groups is 2. The SMILES string of the molecule is CN(CCOCCc1cc2ccsc2cc1F)Cc1ccccc1.O=C(O)C(=O)O. The Labute approximate surface area is 178 Å². The van der Waals surface area contributed by atoms with Crippen LogP contribution in [0.1, 0.15) is 11.1 Å². The highest BCUT2D eigenvalue weighted by molar-refractivity contribution is 7.17. The molecular weight excluding hydrogens is 409 g/mol. The van der Waals surface area contributed by atoms with E-state index in [-0.39, 0.29) is 5.82 Å². The van der Waals surface area contributed by atoms with E-state index in [1.807, 2.05) is 23.6 Å². The Balaban J connectivity index is 0.000000469. The van der Waals surface area contributed by atoms with Gasteiger partial charge in [-0.05, 0) is 53.6 Å². The third kappa shape index (κ3) is 7.90. The molecule has 0 amide bonds. The Morgan fingerprint density at radius 2 is 1.77 bits per heavy atom. The van der Waals surface area contributed by atoms with Crippen molar-refractivity contribution in [3.63, 3.8) is 0 Å². The van der Waals surface area contributed by atoms with Crippen LogP contribution in [0.5, 0.6) is 0 Å². The van der Waals surface area contributed by atoms with E-state index in [2.05, 4.69) is 36.2 Å². The van der Waals surface area contributed by atoms with Crippen LogP contribution in [0.3, 0.4) is 0 Å². The van der Waals surface area contributed by atoms with E-state index >= 15 is 0 Å². The molecule has 3 rings (SSSR count). The maximum absolute atomic E-state index is 14.0. The quantitative estimate of drug-likeness (QED) is 0.414. The molecule has 0 radical (unpaired) electrons. The second-order valence-electron chi connectivity index (χ2n) is 6.60. The van der Waals surface area contributed by atoms with Crippen LogP contribution in [-0.2, 0) is 27.3 Å². The second kappa shape index (κ2) is 12.0. The van der Waals surface area contributed by atoms with Crippen molar-refractivity contribution in [2.45, 2.75) is 13.0 Å². The number of aliphatic carboxylic acids is 2. The van der Waals surface area contributed by atoms with Crippen LogP contribution < -0.4 is 0 Å². The van der Waals surface area contributed by atoms with Gasteiger partial charge < -0.3 is 14.9 Å². The van der Waals surface area contributed by atoms with E-state index in [1.54, 1.807) is 17.4 Å². The van der Waals surface area contributed by atoms with Crippen molar-refractivity contribution < 1.29 is 28.9 Å². The van der Waals surface area contributed by atoms with Crippen molar-refractivity contribution in [2.75, 3.05) is 26.8 Å². The smallest absolute Gasteiger partial charge is 0.414 e. The largest absolute Gasteiger partial charge is 0.473 e. The van der Waals surface area contributed by atoms with Crippen LogP contribution in [-0.4, -0.2) is 53.9 Å². The van der Waals surface area contributed by atoms with Crippen molar-refractivity contribution in [3.05, 3.63) is 70.9 Å². The highest BCUT2D eigenvalue weighted by Gasteiger charge is 2.06. The fraction of sp³-hybridized carbons (Fsp3) is 0.273. The van der Waals surface area contributed by atoms with Gasteiger partial charge in [-0.2, -0.15) is 0 Å². The summed E-state index contributed by atoms with van der Waals surface area (Å²) in [7, 11) is 2.08. The van der Waals surface area contributed by atoms with Gasteiger partial charge >= 0.3 is 11.9 Å². The van der Waals surface area contributed by atoms with E-state index in [0.29, 0.717) is 19.6 Å². The van der Waals surface area contributed by atoms with Crippen LogP contribution in [0, 0.1) is 5.82 Å². The summed E-state index contributed by atoms with van der Waals surface area (Å²) >= 11 is 1.57. The van der Waals surface area contributed by atoms with Crippen LogP contribution >= 0.6 is 11.3 Å². The number of likely N-dealkylation sites (N-methyl/N-ethyl adjacent to an activating group) is 1. The van der Waals surface area contributed by atoms with Gasteiger partial charge in [-0.3, -0.25) is 4.90 Å². The number of hydrogen-bond donors (Lipinski definition) is 2. The molecule has 8 heteroatoms. The van der Waals surface area contributed by atoms with E-state index in [9.17, 15) is 4.39 Å². The molecule has 0 aliphatic rings. The Morgan fingerprint density at radius 3 is 2.43 bits per heavy atom. The molecule has 0 saturated heterocycles. The van der Waals surface area contributed by atoms with Gasteiger partial charge in [-0.15, -0.1) is 11.3 Å². The standard InChI is InChI=1S/C20H22FNOS.C2H2O4/c1-22(15-16-5-3-2-4-6-16)9-11-23-10-7-17-13-18-8-12-24-20(18)14-19(17)21;3-1(4)2(5)6/h2-6,8,12-14H,7,9-11,15H2,1H3;(H,3,4)(H,5,6). The molecule has 1 aromatic heterocycles. The number of nitrogens with zero attached hydrogens (tertiary/aromatic N) is 1. The Kier molecular flexibility index (Phi) is 9.40. The molecule has 0 aliphatic heterocycles. The van der Waals surface area contributed by atoms with Crippen LogP contribution in [0.15, 0.2) is 53.9 Å². The Morgan fingerprint density at radius 1 is 1.07 bits per heavy atom. The number of fused-ring (bicyclic) bond motifs is 1. The highest BCUT2D eigenvalue weighted by atomic mass is 32.1. The maximum atomic E-state index is 14.0. The number of hydrogen-bond acceptors (Lipinski definition) is 5. The average Bonchev–Trinajstić information content (AvgIpc) is 3.16. The first-order valence-electron chi connectivity index (χ1n) is 9.29. The summed E-state index contributed by atoms with van der Waals surface area (Å²) in [6, 6.07) is 16.0. The minimum Gasteiger partial charge on any atom is -0.473 e. The van der Waals surface area contributed by atoms with E-state index in [4.69, 9.17) is 24.5 Å². The normalized spacial score (nSPS) is 10.6. The first-order chi connectivity index (χ1) is 14.4. The molecule has 2 aromatic carbocycles. The topological polar surface area (TPSA) is 87.1 Å². The lowest BCUT2D eigenvalue weighted by Crippen LogP contribution is -2.23. The Hall–Kier alpha value is -2.81. The lowest BCUT2D eigenvalue weighted by molar-refractivity contribution is -0.159. The van der Waals surface area contributed by atoms with Gasteiger partial charge in [-0.25, -0.2) is 14.0 Å². The predicted octanol–water partition coefficient (Wildman–Crippen LogP) is 3.89. The average molecular weight is 434 g/mol. The summed E-state index contributed by atoms with van der Waals surface area (Å²) in [6.07, 6.45) is 0.611. The third-order valence-electron chi connectivity index (χ3n) is 4.23. The van der Waals surface area contributed by atoms with Gasteiger partial charge in [0, 0.05) is 17.8 Å². The number of rotatable bonds is 8. The predicted molar refractivity (Wildman–Crippen MR) is 114 cm³/mol. The molecule has 3 aromatic rings. The molecule has 0 fully saturated rings. The molecule has 6 nitrogen and oxygen atoms in total. The van der Waals surface area contributed by atoms with Crippen molar-refractivity contribution in [1.82, 2.24) is 4.90 Å². The first kappa shape index (κ1) is 23.5. The van der Waals surface area contributed by atoms with E-state index < -0.39 is 11.9 Å². The zero-order valence-electron chi connectivity index (χ0n) is 16.6. The lowest BCUT2D eigenvalue weighted by Gasteiger charge is -2.16. The molecule has 0 spiro atoms. The summed E-state index contributed by atoms with van der Waals surface area (Å²) in [5, 5.41) is 17.9. The van der Waals surface area contributed by atoms with Crippen molar-refractivity contribution in [3.8, 4) is 0 Å².